The zero-order valence-electron chi connectivity index (χ0n) is 8.58. The normalized spacial score (nSPS) is 10.1. The van der Waals surface area contributed by atoms with Crippen LogP contribution in [-0.2, 0) is 6.54 Å². The molecule has 0 unspecified atom stereocenters. The van der Waals surface area contributed by atoms with Crippen LogP contribution >= 0.6 is 23.2 Å². The van der Waals surface area contributed by atoms with Crippen LogP contribution in [0.4, 0.5) is 5.69 Å². The lowest BCUT2D eigenvalue weighted by molar-refractivity contribution is 1.15. The highest BCUT2D eigenvalue weighted by molar-refractivity contribution is 6.33. The zero-order valence-corrected chi connectivity index (χ0v) is 10.1. The van der Waals surface area contributed by atoms with Gasteiger partial charge in [-0.25, -0.2) is 0 Å². The summed E-state index contributed by atoms with van der Waals surface area (Å²) in [6.07, 6.45) is 0. The Morgan fingerprint density at radius 2 is 1.44 bits per heavy atom. The minimum atomic E-state index is 0.670. The van der Waals surface area contributed by atoms with Crippen LogP contribution in [0, 0.1) is 0 Å². The molecule has 3 heteroatoms. The molecule has 0 fully saturated rings. The lowest BCUT2D eigenvalue weighted by Gasteiger charge is -2.09. The number of hydrogen-bond acceptors (Lipinski definition) is 1. The topological polar surface area (TPSA) is 12.0 Å². The van der Waals surface area contributed by atoms with Crippen molar-refractivity contribution in [2.45, 2.75) is 6.54 Å². The fraction of sp³-hybridized carbons (Fsp3) is 0.0769. The minimum absolute atomic E-state index is 0.670. The molecule has 16 heavy (non-hydrogen) atoms. The number of halogens is 2. The van der Waals surface area contributed by atoms with Crippen molar-refractivity contribution < 1.29 is 0 Å². The van der Waals surface area contributed by atoms with Crippen LogP contribution in [0.2, 0.25) is 10.0 Å². The van der Waals surface area contributed by atoms with Gasteiger partial charge in [-0.1, -0.05) is 53.5 Å². The molecule has 0 heterocycles. The van der Waals surface area contributed by atoms with Crippen molar-refractivity contribution in [2.75, 3.05) is 5.32 Å². The van der Waals surface area contributed by atoms with Gasteiger partial charge in [0.2, 0.25) is 0 Å². The van der Waals surface area contributed by atoms with Crippen LogP contribution in [0.1, 0.15) is 5.56 Å². The molecule has 0 atom stereocenters. The number of nitrogens with one attached hydrogen (secondary N) is 1. The van der Waals surface area contributed by atoms with Crippen LogP contribution in [-0.4, -0.2) is 0 Å². The van der Waals surface area contributed by atoms with Gasteiger partial charge in [0.25, 0.3) is 0 Å². The Morgan fingerprint density at radius 1 is 0.812 bits per heavy atom. The molecule has 1 nitrogen and oxygen atoms in total. The standard InChI is InChI=1S/C13H11Cl2N/c14-11-6-2-1-5-10(11)9-16-13-8-4-3-7-12(13)15/h1-8,16H,9H2. The Kier molecular flexibility index (Phi) is 3.70. The van der Waals surface area contributed by atoms with Gasteiger partial charge >= 0.3 is 0 Å². The maximum atomic E-state index is 6.06. The monoisotopic (exact) mass is 251 g/mol. The van der Waals surface area contributed by atoms with Gasteiger partial charge in [0.1, 0.15) is 0 Å². The average molecular weight is 252 g/mol. The van der Waals surface area contributed by atoms with E-state index in [4.69, 9.17) is 23.2 Å². The zero-order chi connectivity index (χ0) is 11.4. The fourth-order valence-electron chi connectivity index (χ4n) is 1.44. The molecule has 82 valence electrons. The Bertz CT molecular complexity index is 437. The maximum Gasteiger partial charge on any atom is 0.0637 e. The molecule has 0 spiro atoms. The van der Waals surface area contributed by atoms with E-state index < -0.39 is 0 Å². The van der Waals surface area contributed by atoms with Crippen molar-refractivity contribution in [3.63, 3.8) is 0 Å². The molecule has 0 saturated heterocycles. The smallest absolute Gasteiger partial charge is 0.0637 e. The third-order valence-electron chi connectivity index (χ3n) is 2.30. The van der Waals surface area contributed by atoms with Gasteiger partial charge in [-0.2, -0.15) is 0 Å². The van der Waals surface area contributed by atoms with E-state index in [0.29, 0.717) is 6.54 Å². The number of para-hydroxylation sites is 1. The third-order valence-corrected chi connectivity index (χ3v) is 3.00. The summed E-state index contributed by atoms with van der Waals surface area (Å²) in [5, 5.41) is 4.74. The number of benzene rings is 2. The second-order valence-electron chi connectivity index (χ2n) is 3.42. The Balaban J connectivity index is 2.09. The van der Waals surface area contributed by atoms with E-state index in [1.165, 1.54) is 0 Å². The highest BCUT2D eigenvalue weighted by atomic mass is 35.5. The fourth-order valence-corrected chi connectivity index (χ4v) is 1.84. The van der Waals surface area contributed by atoms with Crippen LogP contribution in [0.5, 0.6) is 0 Å². The van der Waals surface area contributed by atoms with Crippen molar-refractivity contribution in [1.29, 1.82) is 0 Å². The van der Waals surface area contributed by atoms with Crippen molar-refractivity contribution in [3.05, 3.63) is 64.1 Å². The van der Waals surface area contributed by atoms with Crippen LogP contribution in [0.15, 0.2) is 48.5 Å². The largest absolute Gasteiger partial charge is 0.380 e. The van der Waals surface area contributed by atoms with Crippen molar-refractivity contribution in [2.24, 2.45) is 0 Å². The molecule has 0 saturated carbocycles. The lowest BCUT2D eigenvalue weighted by Crippen LogP contribution is -2.00. The van der Waals surface area contributed by atoms with Crippen LogP contribution in [0.25, 0.3) is 0 Å². The van der Waals surface area contributed by atoms with Crippen LogP contribution < -0.4 is 5.32 Å². The first kappa shape index (κ1) is 11.3. The van der Waals surface area contributed by atoms with Gasteiger partial charge in [-0.15, -0.1) is 0 Å². The number of rotatable bonds is 3. The lowest BCUT2D eigenvalue weighted by atomic mass is 10.2. The molecule has 0 aliphatic carbocycles. The van der Waals surface area contributed by atoms with E-state index in [-0.39, 0.29) is 0 Å². The molecule has 0 aromatic heterocycles. The molecular weight excluding hydrogens is 241 g/mol. The number of anilines is 1. The summed E-state index contributed by atoms with van der Waals surface area (Å²) in [7, 11) is 0. The Labute approximate surface area is 105 Å². The second-order valence-corrected chi connectivity index (χ2v) is 4.24. The van der Waals surface area contributed by atoms with Gasteiger partial charge in [0.15, 0.2) is 0 Å². The number of hydrogen-bond donors (Lipinski definition) is 1. The van der Waals surface area contributed by atoms with E-state index in [1.807, 2.05) is 48.5 Å². The predicted molar refractivity (Wildman–Crippen MR) is 70.2 cm³/mol. The van der Waals surface area contributed by atoms with Crippen molar-refractivity contribution in [3.8, 4) is 0 Å². The van der Waals surface area contributed by atoms with Crippen LogP contribution in [0.3, 0.4) is 0 Å². The van der Waals surface area contributed by atoms with Crippen molar-refractivity contribution >= 4 is 28.9 Å². The molecule has 0 aliphatic rings. The first-order chi connectivity index (χ1) is 7.77. The van der Waals surface area contributed by atoms with E-state index in [0.717, 1.165) is 21.3 Å². The van der Waals surface area contributed by atoms with E-state index in [1.54, 1.807) is 0 Å². The third kappa shape index (κ3) is 2.69. The summed E-state index contributed by atoms with van der Waals surface area (Å²) in [5.41, 5.74) is 1.98. The first-order valence-electron chi connectivity index (χ1n) is 4.99. The average Bonchev–Trinajstić information content (AvgIpc) is 2.30. The highest BCUT2D eigenvalue weighted by Gasteiger charge is 2.00. The minimum Gasteiger partial charge on any atom is -0.380 e. The highest BCUT2D eigenvalue weighted by Crippen LogP contribution is 2.22. The summed E-state index contributed by atoms with van der Waals surface area (Å²) in [6, 6.07) is 15.4. The molecular formula is C13H11Cl2N. The quantitative estimate of drug-likeness (QED) is 0.841. The van der Waals surface area contributed by atoms with Gasteiger partial charge in [0, 0.05) is 11.6 Å². The molecule has 0 bridgehead atoms. The van der Waals surface area contributed by atoms with E-state index in [9.17, 15) is 0 Å². The summed E-state index contributed by atoms with van der Waals surface area (Å²) in [6.45, 7) is 0.670. The first-order valence-corrected chi connectivity index (χ1v) is 5.75. The van der Waals surface area contributed by atoms with Gasteiger partial charge in [-0.3, -0.25) is 0 Å². The van der Waals surface area contributed by atoms with Gasteiger partial charge in [0.05, 0.1) is 10.7 Å². The van der Waals surface area contributed by atoms with Gasteiger partial charge < -0.3 is 5.32 Å². The van der Waals surface area contributed by atoms with E-state index in [2.05, 4.69) is 5.32 Å². The Hall–Kier alpha value is -1.18. The summed E-state index contributed by atoms with van der Waals surface area (Å²) in [4.78, 5) is 0. The molecule has 2 rings (SSSR count). The maximum absolute atomic E-state index is 6.06. The van der Waals surface area contributed by atoms with E-state index >= 15 is 0 Å². The second kappa shape index (κ2) is 5.24. The van der Waals surface area contributed by atoms with Crippen molar-refractivity contribution in [1.82, 2.24) is 0 Å². The SMILES string of the molecule is Clc1ccccc1CNc1ccccc1Cl. The summed E-state index contributed by atoms with van der Waals surface area (Å²) in [5.74, 6) is 0. The predicted octanol–water partition coefficient (Wildman–Crippen LogP) is 4.61. The molecule has 2 aromatic rings. The summed E-state index contributed by atoms with van der Waals surface area (Å²) >= 11 is 12.1. The molecule has 0 amide bonds. The summed E-state index contributed by atoms with van der Waals surface area (Å²) < 4.78 is 0. The molecule has 0 aliphatic heterocycles. The molecule has 2 aromatic carbocycles. The molecule has 0 radical (unpaired) electrons. The van der Waals surface area contributed by atoms with Gasteiger partial charge in [-0.05, 0) is 23.8 Å². The Morgan fingerprint density at radius 3 is 2.12 bits per heavy atom. The molecule has 1 N–H and O–H groups in total.